The minimum Gasteiger partial charge on any atom is -0.493 e. The molecule has 3 aromatic rings. The summed E-state index contributed by atoms with van der Waals surface area (Å²) in [5, 5.41) is 3.48. The van der Waals surface area contributed by atoms with Crippen LogP contribution in [0.25, 0.3) is 0 Å². The molecule has 1 N–H and O–H groups in total. The molecule has 0 fully saturated rings. The summed E-state index contributed by atoms with van der Waals surface area (Å²) in [5.74, 6) is 1.75. The predicted octanol–water partition coefficient (Wildman–Crippen LogP) is 4.33. The molecule has 1 heterocycles. The maximum atomic E-state index is 12.2. The van der Waals surface area contributed by atoms with E-state index in [-0.39, 0.29) is 5.91 Å². The van der Waals surface area contributed by atoms with E-state index in [1.807, 2.05) is 42.5 Å². The Morgan fingerprint density at radius 2 is 1.69 bits per heavy atom. The zero-order valence-corrected chi connectivity index (χ0v) is 17.5. The second-order valence-electron chi connectivity index (χ2n) is 6.38. The summed E-state index contributed by atoms with van der Waals surface area (Å²) in [4.78, 5) is 17.6. The van der Waals surface area contributed by atoms with E-state index in [1.54, 1.807) is 27.5 Å². The minimum atomic E-state index is -0.0393. The summed E-state index contributed by atoms with van der Waals surface area (Å²) in [6, 6.07) is 13.8. The molecule has 0 saturated carbocycles. The van der Waals surface area contributed by atoms with Gasteiger partial charge in [0.25, 0.3) is 0 Å². The largest absolute Gasteiger partial charge is 0.493 e. The number of methoxy groups -OCH3 is 3. The first-order valence-electron chi connectivity index (χ1n) is 9.20. The Bertz CT molecular complexity index is 931. The minimum absolute atomic E-state index is 0.0393. The maximum absolute atomic E-state index is 12.2. The Kier molecular flexibility index (Phi) is 7.08. The molecule has 0 atom stereocenters. The Labute approximate surface area is 174 Å². The molecular formula is C22H24N2O4S. The number of hydrogen-bond donors (Lipinski definition) is 1. The van der Waals surface area contributed by atoms with Crippen LogP contribution in [0.2, 0.25) is 0 Å². The van der Waals surface area contributed by atoms with Crippen LogP contribution in [0, 0.1) is 0 Å². The number of aromatic nitrogens is 1. The van der Waals surface area contributed by atoms with Crippen LogP contribution >= 0.6 is 11.3 Å². The molecule has 0 aliphatic heterocycles. The normalized spacial score (nSPS) is 10.4. The zero-order chi connectivity index (χ0) is 20.6. The van der Waals surface area contributed by atoms with E-state index < -0.39 is 0 Å². The topological polar surface area (TPSA) is 69.7 Å². The number of rotatable bonds is 9. The highest BCUT2D eigenvalue weighted by atomic mass is 32.1. The fraction of sp³-hybridized carbons (Fsp3) is 0.273. The van der Waals surface area contributed by atoms with Gasteiger partial charge in [0, 0.05) is 23.9 Å². The number of carbonyl (C=O) groups is 1. The summed E-state index contributed by atoms with van der Waals surface area (Å²) in [6.07, 6.45) is 3.55. The van der Waals surface area contributed by atoms with Crippen LogP contribution in [-0.2, 0) is 17.6 Å². The van der Waals surface area contributed by atoms with E-state index in [0.29, 0.717) is 41.6 Å². The molecule has 152 valence electrons. The molecule has 0 radical (unpaired) electrons. The second-order valence-corrected chi connectivity index (χ2v) is 7.49. The number of nitrogens with zero attached hydrogens (tertiary/aromatic N) is 1. The van der Waals surface area contributed by atoms with Gasteiger partial charge in [0.2, 0.25) is 11.7 Å². The van der Waals surface area contributed by atoms with Crippen molar-refractivity contribution < 1.29 is 19.0 Å². The SMILES string of the molecule is COc1cc(Cc2cnc(NC(=O)CCc3ccccc3)s2)cc(OC)c1OC. The smallest absolute Gasteiger partial charge is 0.226 e. The van der Waals surface area contributed by atoms with Gasteiger partial charge in [-0.1, -0.05) is 30.3 Å². The van der Waals surface area contributed by atoms with Gasteiger partial charge in [0.05, 0.1) is 21.3 Å². The maximum Gasteiger partial charge on any atom is 0.226 e. The third-order valence-corrected chi connectivity index (χ3v) is 5.30. The third-order valence-electron chi connectivity index (χ3n) is 4.39. The lowest BCUT2D eigenvalue weighted by atomic mass is 10.1. The zero-order valence-electron chi connectivity index (χ0n) is 16.7. The Morgan fingerprint density at radius 1 is 1.00 bits per heavy atom. The van der Waals surface area contributed by atoms with Crippen molar-refractivity contribution in [1.29, 1.82) is 0 Å². The molecule has 1 amide bonds. The Morgan fingerprint density at radius 3 is 2.31 bits per heavy atom. The molecule has 7 heteroatoms. The van der Waals surface area contributed by atoms with Gasteiger partial charge in [-0.2, -0.15) is 0 Å². The highest BCUT2D eigenvalue weighted by molar-refractivity contribution is 7.15. The monoisotopic (exact) mass is 412 g/mol. The van der Waals surface area contributed by atoms with Crippen molar-refractivity contribution in [2.45, 2.75) is 19.3 Å². The summed E-state index contributed by atoms with van der Waals surface area (Å²) >= 11 is 1.46. The van der Waals surface area contributed by atoms with E-state index in [1.165, 1.54) is 11.3 Å². The van der Waals surface area contributed by atoms with E-state index in [9.17, 15) is 4.79 Å². The molecule has 0 bridgehead atoms. The number of hydrogen-bond acceptors (Lipinski definition) is 6. The summed E-state index contributed by atoms with van der Waals surface area (Å²) in [7, 11) is 4.77. The lowest BCUT2D eigenvalue weighted by molar-refractivity contribution is -0.116. The first-order chi connectivity index (χ1) is 14.1. The first-order valence-corrected chi connectivity index (χ1v) is 10.0. The average molecular weight is 413 g/mol. The van der Waals surface area contributed by atoms with Crippen molar-refractivity contribution >= 4 is 22.4 Å². The third kappa shape index (κ3) is 5.48. The van der Waals surface area contributed by atoms with Gasteiger partial charge < -0.3 is 19.5 Å². The molecule has 6 nitrogen and oxygen atoms in total. The van der Waals surface area contributed by atoms with E-state index >= 15 is 0 Å². The molecule has 3 rings (SSSR count). The summed E-state index contributed by atoms with van der Waals surface area (Å²) in [5.41, 5.74) is 2.15. The molecule has 0 unspecified atom stereocenters. The standard InChI is InChI=1S/C22H24N2O4S/c1-26-18-12-16(13-19(27-2)21(18)28-3)11-17-14-23-22(29-17)24-20(25)10-9-15-7-5-4-6-8-15/h4-8,12-14H,9-11H2,1-3H3,(H,23,24,25). The molecule has 2 aromatic carbocycles. The van der Waals surface area contributed by atoms with Gasteiger partial charge in [-0.25, -0.2) is 4.98 Å². The van der Waals surface area contributed by atoms with Crippen LogP contribution in [0.4, 0.5) is 5.13 Å². The van der Waals surface area contributed by atoms with Crippen molar-refractivity contribution in [3.8, 4) is 17.2 Å². The van der Waals surface area contributed by atoms with Crippen molar-refractivity contribution in [3.63, 3.8) is 0 Å². The van der Waals surface area contributed by atoms with Gasteiger partial charge in [0.15, 0.2) is 16.6 Å². The highest BCUT2D eigenvalue weighted by Gasteiger charge is 2.14. The number of anilines is 1. The van der Waals surface area contributed by atoms with Gasteiger partial charge in [-0.05, 0) is 29.7 Å². The fourth-order valence-corrected chi connectivity index (χ4v) is 3.83. The Balaban J connectivity index is 1.62. The van der Waals surface area contributed by atoms with Gasteiger partial charge in [-0.15, -0.1) is 11.3 Å². The van der Waals surface area contributed by atoms with E-state index in [0.717, 1.165) is 16.0 Å². The van der Waals surface area contributed by atoms with Gasteiger partial charge >= 0.3 is 0 Å². The van der Waals surface area contributed by atoms with Crippen LogP contribution in [-0.4, -0.2) is 32.2 Å². The van der Waals surface area contributed by atoms with Crippen molar-refractivity contribution in [2.24, 2.45) is 0 Å². The number of amides is 1. The fourth-order valence-electron chi connectivity index (χ4n) is 2.97. The van der Waals surface area contributed by atoms with Gasteiger partial charge in [-0.3, -0.25) is 4.79 Å². The van der Waals surface area contributed by atoms with Crippen molar-refractivity contribution in [1.82, 2.24) is 4.98 Å². The number of aryl methyl sites for hydroxylation is 1. The summed E-state index contributed by atoms with van der Waals surface area (Å²) < 4.78 is 16.2. The Hall–Kier alpha value is -3.06. The van der Waals surface area contributed by atoms with Crippen LogP contribution in [0.5, 0.6) is 17.2 Å². The highest BCUT2D eigenvalue weighted by Crippen LogP contribution is 2.39. The molecular weight excluding hydrogens is 388 g/mol. The molecule has 0 saturated heterocycles. The number of carbonyl (C=O) groups excluding carboxylic acids is 1. The van der Waals surface area contributed by atoms with Crippen LogP contribution < -0.4 is 19.5 Å². The van der Waals surface area contributed by atoms with E-state index in [4.69, 9.17) is 14.2 Å². The number of nitrogens with one attached hydrogen (secondary N) is 1. The van der Waals surface area contributed by atoms with Crippen LogP contribution in [0.15, 0.2) is 48.7 Å². The predicted molar refractivity (Wildman–Crippen MR) is 114 cm³/mol. The lowest BCUT2D eigenvalue weighted by Gasteiger charge is -2.13. The second kappa shape index (κ2) is 9.93. The number of benzene rings is 2. The molecule has 0 aliphatic rings. The molecule has 29 heavy (non-hydrogen) atoms. The lowest BCUT2D eigenvalue weighted by Crippen LogP contribution is -2.11. The quantitative estimate of drug-likeness (QED) is 0.566. The molecule has 0 aliphatic carbocycles. The van der Waals surface area contributed by atoms with Crippen molar-refractivity contribution in [3.05, 3.63) is 64.7 Å². The van der Waals surface area contributed by atoms with Crippen LogP contribution in [0.3, 0.4) is 0 Å². The number of thiazole rings is 1. The van der Waals surface area contributed by atoms with Crippen molar-refractivity contribution in [2.75, 3.05) is 26.6 Å². The molecule has 0 spiro atoms. The molecule has 1 aromatic heterocycles. The first kappa shape index (κ1) is 20.7. The number of ether oxygens (including phenoxy) is 3. The average Bonchev–Trinajstić information content (AvgIpc) is 3.18. The van der Waals surface area contributed by atoms with Crippen LogP contribution in [0.1, 0.15) is 22.4 Å². The van der Waals surface area contributed by atoms with E-state index in [2.05, 4.69) is 10.3 Å². The van der Waals surface area contributed by atoms with Gasteiger partial charge in [0.1, 0.15) is 0 Å². The summed E-state index contributed by atoms with van der Waals surface area (Å²) in [6.45, 7) is 0.